The van der Waals surface area contributed by atoms with Crippen LogP contribution in [0.15, 0.2) is 41.8 Å². The van der Waals surface area contributed by atoms with E-state index in [2.05, 4.69) is 10.3 Å². The standard InChI is InChI=1S/C17H10F2N2O3S/c18-10-2-3-12(19)11(6-10)16(22)21-17-20-13(7-25-17)9-1-4-14-15(5-9)24-8-23-14/h1-7H,8H2,(H,20,21,22). The highest BCUT2D eigenvalue weighted by molar-refractivity contribution is 7.14. The van der Waals surface area contributed by atoms with Gasteiger partial charge < -0.3 is 9.47 Å². The predicted octanol–water partition coefficient (Wildman–Crippen LogP) is 4.07. The summed E-state index contributed by atoms with van der Waals surface area (Å²) >= 11 is 1.18. The van der Waals surface area contributed by atoms with Gasteiger partial charge >= 0.3 is 0 Å². The zero-order valence-corrected chi connectivity index (χ0v) is 13.4. The molecule has 1 N–H and O–H groups in total. The average Bonchev–Trinajstić information content (AvgIpc) is 3.25. The van der Waals surface area contributed by atoms with E-state index in [4.69, 9.17) is 9.47 Å². The highest BCUT2D eigenvalue weighted by atomic mass is 32.1. The van der Waals surface area contributed by atoms with E-state index in [0.29, 0.717) is 17.2 Å². The molecule has 1 aliphatic heterocycles. The molecule has 8 heteroatoms. The fourth-order valence-electron chi connectivity index (χ4n) is 2.36. The van der Waals surface area contributed by atoms with E-state index in [-0.39, 0.29) is 17.5 Å². The molecular weight excluding hydrogens is 350 g/mol. The first-order valence-electron chi connectivity index (χ1n) is 7.22. The number of rotatable bonds is 3. The summed E-state index contributed by atoms with van der Waals surface area (Å²) in [4.78, 5) is 16.4. The van der Waals surface area contributed by atoms with Gasteiger partial charge in [0, 0.05) is 10.9 Å². The van der Waals surface area contributed by atoms with E-state index in [1.807, 2.05) is 6.07 Å². The third-order valence-electron chi connectivity index (χ3n) is 3.57. The van der Waals surface area contributed by atoms with Crippen LogP contribution >= 0.6 is 11.3 Å². The Kier molecular flexibility index (Phi) is 3.81. The van der Waals surface area contributed by atoms with Crippen LogP contribution in [0.1, 0.15) is 10.4 Å². The van der Waals surface area contributed by atoms with Crippen LogP contribution in [0.3, 0.4) is 0 Å². The number of anilines is 1. The number of nitrogens with one attached hydrogen (secondary N) is 1. The molecule has 4 rings (SSSR count). The van der Waals surface area contributed by atoms with Gasteiger partial charge in [0.05, 0.1) is 11.3 Å². The zero-order valence-electron chi connectivity index (χ0n) is 12.6. The summed E-state index contributed by atoms with van der Waals surface area (Å²) in [7, 11) is 0. The third-order valence-corrected chi connectivity index (χ3v) is 4.32. The molecule has 0 atom stereocenters. The van der Waals surface area contributed by atoms with Crippen molar-refractivity contribution in [3.05, 3.63) is 59.0 Å². The lowest BCUT2D eigenvalue weighted by Crippen LogP contribution is -2.13. The maximum absolute atomic E-state index is 13.6. The predicted molar refractivity (Wildman–Crippen MR) is 88.0 cm³/mol. The van der Waals surface area contributed by atoms with Crippen LogP contribution in [-0.4, -0.2) is 17.7 Å². The molecule has 0 bridgehead atoms. The first-order chi connectivity index (χ1) is 12.1. The van der Waals surface area contributed by atoms with Gasteiger partial charge in [0.15, 0.2) is 16.6 Å². The van der Waals surface area contributed by atoms with Crippen LogP contribution in [-0.2, 0) is 0 Å². The number of thiazole rings is 1. The highest BCUT2D eigenvalue weighted by Crippen LogP contribution is 2.36. The second kappa shape index (κ2) is 6.14. The summed E-state index contributed by atoms with van der Waals surface area (Å²) < 4.78 is 37.4. The smallest absolute Gasteiger partial charge is 0.260 e. The Morgan fingerprint density at radius 3 is 2.84 bits per heavy atom. The van der Waals surface area contributed by atoms with Crippen LogP contribution in [0.25, 0.3) is 11.3 Å². The molecule has 1 aromatic heterocycles. The molecule has 5 nitrogen and oxygen atoms in total. The van der Waals surface area contributed by atoms with Gasteiger partial charge in [-0.15, -0.1) is 11.3 Å². The van der Waals surface area contributed by atoms with E-state index in [0.717, 1.165) is 23.8 Å². The molecule has 2 heterocycles. The van der Waals surface area contributed by atoms with E-state index in [9.17, 15) is 13.6 Å². The topological polar surface area (TPSA) is 60.5 Å². The maximum Gasteiger partial charge on any atom is 0.260 e. The van der Waals surface area contributed by atoms with Crippen LogP contribution < -0.4 is 14.8 Å². The van der Waals surface area contributed by atoms with E-state index in [1.54, 1.807) is 17.5 Å². The number of carbonyl (C=O) groups is 1. The van der Waals surface area contributed by atoms with E-state index in [1.165, 1.54) is 11.3 Å². The van der Waals surface area contributed by atoms with Crippen molar-refractivity contribution >= 4 is 22.4 Å². The lowest BCUT2D eigenvalue weighted by molar-refractivity contribution is 0.102. The number of carbonyl (C=O) groups excluding carboxylic acids is 1. The molecule has 0 fully saturated rings. The Morgan fingerprint density at radius 1 is 1.12 bits per heavy atom. The molecule has 0 spiro atoms. The number of hydrogen-bond donors (Lipinski definition) is 1. The van der Waals surface area contributed by atoms with E-state index >= 15 is 0 Å². The molecular formula is C17H10F2N2O3S. The monoisotopic (exact) mass is 360 g/mol. The minimum absolute atomic E-state index is 0.177. The Balaban J connectivity index is 1.55. The van der Waals surface area contributed by atoms with Gasteiger partial charge in [-0.05, 0) is 36.4 Å². The summed E-state index contributed by atoms with van der Waals surface area (Å²) in [5, 5.41) is 4.50. The molecule has 0 saturated heterocycles. The van der Waals surface area contributed by atoms with Gasteiger partial charge in [0.25, 0.3) is 5.91 Å². The van der Waals surface area contributed by atoms with Crippen LogP contribution in [0.4, 0.5) is 13.9 Å². The Morgan fingerprint density at radius 2 is 1.96 bits per heavy atom. The molecule has 0 unspecified atom stereocenters. The number of ether oxygens (including phenoxy) is 2. The molecule has 3 aromatic rings. The second-order valence-electron chi connectivity index (χ2n) is 5.18. The molecule has 2 aromatic carbocycles. The minimum Gasteiger partial charge on any atom is -0.454 e. The highest BCUT2D eigenvalue weighted by Gasteiger charge is 2.17. The zero-order chi connectivity index (χ0) is 17.4. The molecule has 25 heavy (non-hydrogen) atoms. The number of fused-ring (bicyclic) bond motifs is 1. The number of nitrogens with zero attached hydrogens (tertiary/aromatic N) is 1. The summed E-state index contributed by atoms with van der Waals surface area (Å²) in [5.74, 6) is -0.964. The van der Waals surface area contributed by atoms with Crippen molar-refractivity contribution in [2.45, 2.75) is 0 Å². The quantitative estimate of drug-likeness (QED) is 0.765. The Hall–Kier alpha value is -3.00. The van der Waals surface area contributed by atoms with E-state index < -0.39 is 17.5 Å². The largest absolute Gasteiger partial charge is 0.454 e. The van der Waals surface area contributed by atoms with Crippen molar-refractivity contribution in [1.82, 2.24) is 4.98 Å². The van der Waals surface area contributed by atoms with Crippen molar-refractivity contribution in [1.29, 1.82) is 0 Å². The van der Waals surface area contributed by atoms with Crippen molar-refractivity contribution in [2.24, 2.45) is 0 Å². The van der Waals surface area contributed by atoms with Gasteiger partial charge in [-0.25, -0.2) is 13.8 Å². The molecule has 1 aliphatic rings. The van der Waals surface area contributed by atoms with Gasteiger partial charge in [0.2, 0.25) is 6.79 Å². The lowest BCUT2D eigenvalue weighted by Gasteiger charge is -2.03. The summed E-state index contributed by atoms with van der Waals surface area (Å²) in [6, 6.07) is 8.08. The number of hydrogen-bond acceptors (Lipinski definition) is 5. The normalized spacial score (nSPS) is 12.2. The SMILES string of the molecule is O=C(Nc1nc(-c2ccc3c(c2)OCO3)cs1)c1cc(F)ccc1F. The Labute approximate surface area is 144 Å². The van der Waals surface area contributed by atoms with Crippen LogP contribution in [0.2, 0.25) is 0 Å². The van der Waals surface area contributed by atoms with Crippen LogP contribution in [0.5, 0.6) is 11.5 Å². The fraction of sp³-hybridized carbons (Fsp3) is 0.0588. The maximum atomic E-state index is 13.6. The van der Waals surface area contributed by atoms with Gasteiger partial charge in [0.1, 0.15) is 11.6 Å². The summed E-state index contributed by atoms with van der Waals surface area (Å²) in [6.45, 7) is 0.177. The fourth-order valence-corrected chi connectivity index (χ4v) is 3.07. The van der Waals surface area contributed by atoms with Crippen molar-refractivity contribution in [3.8, 4) is 22.8 Å². The van der Waals surface area contributed by atoms with Gasteiger partial charge in [-0.3, -0.25) is 10.1 Å². The molecule has 0 saturated carbocycles. The van der Waals surface area contributed by atoms with Gasteiger partial charge in [-0.2, -0.15) is 0 Å². The van der Waals surface area contributed by atoms with Crippen molar-refractivity contribution in [3.63, 3.8) is 0 Å². The molecule has 126 valence electrons. The molecule has 0 aliphatic carbocycles. The second-order valence-corrected chi connectivity index (χ2v) is 6.04. The molecule has 0 radical (unpaired) electrons. The summed E-state index contributed by atoms with van der Waals surface area (Å²) in [6.07, 6.45) is 0. The number of halogens is 2. The number of aromatic nitrogens is 1. The van der Waals surface area contributed by atoms with Crippen molar-refractivity contribution in [2.75, 3.05) is 12.1 Å². The molecule has 1 amide bonds. The van der Waals surface area contributed by atoms with Gasteiger partial charge in [-0.1, -0.05) is 0 Å². The first kappa shape index (κ1) is 15.5. The number of amides is 1. The lowest BCUT2D eigenvalue weighted by atomic mass is 10.1. The number of benzene rings is 2. The average molecular weight is 360 g/mol. The summed E-state index contributed by atoms with van der Waals surface area (Å²) in [5.41, 5.74) is 1.04. The first-order valence-corrected chi connectivity index (χ1v) is 8.10. The van der Waals surface area contributed by atoms with Crippen LogP contribution in [0, 0.1) is 11.6 Å². The minimum atomic E-state index is -0.800. The van der Waals surface area contributed by atoms with Crippen molar-refractivity contribution < 1.29 is 23.0 Å². The Bertz CT molecular complexity index is 974. The third kappa shape index (κ3) is 3.03.